The molecule has 5 rings (SSSR count). The van der Waals surface area contributed by atoms with E-state index in [1.807, 2.05) is 48.2 Å². The van der Waals surface area contributed by atoms with Crippen molar-refractivity contribution in [3.63, 3.8) is 0 Å². The standard InChI is InChI=1S/C27H28N2O4/c1-17-24(27(32)33-21-12-5-6-13-21)25(18-8-7-11-20(30)14-18)26-22(28-17)15-29(16-23(26)31)19-9-3-2-4-10-19/h2-4,7-11,14,21,25,28,30H,5-6,12-13,15-16H2,1H3. The van der Waals surface area contributed by atoms with E-state index in [1.54, 1.807) is 18.2 Å². The van der Waals surface area contributed by atoms with Gasteiger partial charge in [0.15, 0.2) is 5.78 Å². The number of Topliss-reactive ketones (excluding diaryl/α,β-unsaturated/α-hetero) is 1. The summed E-state index contributed by atoms with van der Waals surface area (Å²) in [6.07, 6.45) is 3.80. The Morgan fingerprint density at radius 2 is 1.82 bits per heavy atom. The summed E-state index contributed by atoms with van der Waals surface area (Å²) in [7, 11) is 0. The lowest BCUT2D eigenvalue weighted by Gasteiger charge is -2.39. The number of rotatable bonds is 4. The Labute approximate surface area is 193 Å². The molecule has 2 N–H and O–H groups in total. The van der Waals surface area contributed by atoms with Crippen molar-refractivity contribution in [2.75, 3.05) is 18.0 Å². The second-order valence-corrected chi connectivity index (χ2v) is 9.01. The zero-order valence-corrected chi connectivity index (χ0v) is 18.7. The van der Waals surface area contributed by atoms with E-state index in [0.29, 0.717) is 29.0 Å². The first kappa shape index (κ1) is 21.3. The number of carbonyl (C=O) groups is 2. The Kier molecular flexibility index (Phi) is 5.67. The summed E-state index contributed by atoms with van der Waals surface area (Å²) < 4.78 is 5.86. The van der Waals surface area contributed by atoms with Crippen LogP contribution in [0, 0.1) is 0 Å². The Bertz CT molecular complexity index is 1150. The van der Waals surface area contributed by atoms with Crippen LogP contribution >= 0.6 is 0 Å². The second kappa shape index (κ2) is 8.77. The number of phenols is 1. The van der Waals surface area contributed by atoms with Gasteiger partial charge in [0.1, 0.15) is 11.9 Å². The molecule has 0 radical (unpaired) electrons. The summed E-state index contributed by atoms with van der Waals surface area (Å²) >= 11 is 0. The van der Waals surface area contributed by atoms with E-state index in [-0.39, 0.29) is 30.2 Å². The molecular formula is C27H28N2O4. The first-order valence-electron chi connectivity index (χ1n) is 11.5. The molecule has 6 nitrogen and oxygen atoms in total. The molecule has 2 aliphatic heterocycles. The third-order valence-corrected chi connectivity index (χ3v) is 6.75. The predicted molar refractivity (Wildman–Crippen MR) is 126 cm³/mol. The normalized spacial score (nSPS) is 21.2. The van der Waals surface area contributed by atoms with Crippen molar-refractivity contribution < 1.29 is 19.4 Å². The van der Waals surface area contributed by atoms with E-state index in [0.717, 1.165) is 37.1 Å². The van der Waals surface area contributed by atoms with Gasteiger partial charge in [0.2, 0.25) is 0 Å². The maximum Gasteiger partial charge on any atom is 0.337 e. The van der Waals surface area contributed by atoms with Crippen LogP contribution in [0.4, 0.5) is 5.69 Å². The van der Waals surface area contributed by atoms with E-state index in [1.165, 1.54) is 0 Å². The lowest BCUT2D eigenvalue weighted by Crippen LogP contribution is -2.45. The average Bonchev–Trinajstić information content (AvgIpc) is 3.31. The van der Waals surface area contributed by atoms with Gasteiger partial charge in [-0.2, -0.15) is 0 Å². The number of ketones is 1. The number of esters is 1. The number of ether oxygens (including phenoxy) is 1. The summed E-state index contributed by atoms with van der Waals surface area (Å²) in [5, 5.41) is 13.5. The maximum atomic E-state index is 13.5. The van der Waals surface area contributed by atoms with Crippen molar-refractivity contribution in [1.82, 2.24) is 5.32 Å². The topological polar surface area (TPSA) is 78.9 Å². The average molecular weight is 445 g/mol. The number of aromatic hydroxyl groups is 1. The Morgan fingerprint density at radius 3 is 2.55 bits per heavy atom. The lowest BCUT2D eigenvalue weighted by atomic mass is 9.77. The first-order chi connectivity index (χ1) is 16.0. The van der Waals surface area contributed by atoms with Crippen molar-refractivity contribution >= 4 is 17.4 Å². The summed E-state index contributed by atoms with van der Waals surface area (Å²) in [5.74, 6) is -0.902. The second-order valence-electron chi connectivity index (χ2n) is 9.01. The molecule has 1 unspecified atom stereocenters. The minimum Gasteiger partial charge on any atom is -0.508 e. The summed E-state index contributed by atoms with van der Waals surface area (Å²) in [4.78, 5) is 28.9. The highest BCUT2D eigenvalue weighted by Gasteiger charge is 2.41. The van der Waals surface area contributed by atoms with Gasteiger partial charge in [-0.3, -0.25) is 4.79 Å². The summed E-state index contributed by atoms with van der Waals surface area (Å²) in [5.41, 5.74) is 4.19. The third kappa shape index (κ3) is 4.13. The molecule has 1 aliphatic carbocycles. The van der Waals surface area contributed by atoms with Crippen LogP contribution in [0.2, 0.25) is 0 Å². The molecule has 170 valence electrons. The number of nitrogens with zero attached hydrogens (tertiary/aromatic N) is 1. The molecule has 2 aromatic carbocycles. The number of para-hydroxylation sites is 1. The maximum absolute atomic E-state index is 13.5. The zero-order valence-electron chi connectivity index (χ0n) is 18.7. The third-order valence-electron chi connectivity index (χ3n) is 6.75. The van der Waals surface area contributed by atoms with Crippen LogP contribution in [0.25, 0.3) is 0 Å². The van der Waals surface area contributed by atoms with Crippen LogP contribution in [0.3, 0.4) is 0 Å². The monoisotopic (exact) mass is 444 g/mol. The molecule has 1 saturated carbocycles. The van der Waals surface area contributed by atoms with Gasteiger partial charge < -0.3 is 20.1 Å². The zero-order chi connectivity index (χ0) is 22.9. The van der Waals surface area contributed by atoms with Crippen LogP contribution in [0.5, 0.6) is 5.75 Å². The van der Waals surface area contributed by atoms with E-state index in [4.69, 9.17) is 4.74 Å². The number of benzene rings is 2. The highest BCUT2D eigenvalue weighted by atomic mass is 16.5. The Balaban J connectivity index is 1.55. The molecule has 0 bridgehead atoms. The van der Waals surface area contributed by atoms with Gasteiger partial charge in [0, 0.05) is 28.6 Å². The van der Waals surface area contributed by atoms with Gasteiger partial charge in [-0.25, -0.2) is 4.79 Å². The molecular weight excluding hydrogens is 416 g/mol. The van der Waals surface area contributed by atoms with Crippen molar-refractivity contribution in [1.29, 1.82) is 0 Å². The fraction of sp³-hybridized carbons (Fsp3) is 0.333. The van der Waals surface area contributed by atoms with Gasteiger partial charge >= 0.3 is 5.97 Å². The minimum atomic E-state index is -0.576. The van der Waals surface area contributed by atoms with E-state index >= 15 is 0 Å². The first-order valence-corrected chi connectivity index (χ1v) is 11.5. The van der Waals surface area contributed by atoms with Gasteiger partial charge in [-0.05, 0) is 62.4 Å². The molecule has 1 fully saturated rings. The van der Waals surface area contributed by atoms with Crippen LogP contribution < -0.4 is 10.2 Å². The minimum absolute atomic E-state index is 0.0420. The summed E-state index contributed by atoms with van der Waals surface area (Å²) in [6, 6.07) is 16.7. The molecule has 0 aromatic heterocycles. The van der Waals surface area contributed by atoms with Gasteiger partial charge in [-0.1, -0.05) is 30.3 Å². The van der Waals surface area contributed by atoms with Crippen molar-refractivity contribution in [3.05, 3.63) is 82.7 Å². The number of carbonyl (C=O) groups excluding carboxylic acids is 2. The van der Waals surface area contributed by atoms with Crippen molar-refractivity contribution in [2.24, 2.45) is 0 Å². The molecule has 33 heavy (non-hydrogen) atoms. The quantitative estimate of drug-likeness (QED) is 0.689. The van der Waals surface area contributed by atoms with Gasteiger partial charge in [-0.15, -0.1) is 0 Å². The highest BCUT2D eigenvalue weighted by molar-refractivity contribution is 6.06. The molecule has 2 aromatic rings. The molecule has 0 spiro atoms. The predicted octanol–water partition coefficient (Wildman–Crippen LogP) is 4.18. The smallest absolute Gasteiger partial charge is 0.337 e. The van der Waals surface area contributed by atoms with Gasteiger partial charge in [0.05, 0.1) is 18.7 Å². The van der Waals surface area contributed by atoms with E-state index in [9.17, 15) is 14.7 Å². The summed E-state index contributed by atoms with van der Waals surface area (Å²) in [6.45, 7) is 2.61. The Morgan fingerprint density at radius 1 is 1.06 bits per heavy atom. The molecule has 2 heterocycles. The molecule has 1 atom stereocenters. The van der Waals surface area contributed by atoms with Crippen LogP contribution in [-0.4, -0.2) is 36.1 Å². The molecule has 3 aliphatic rings. The Hall–Kier alpha value is -3.54. The van der Waals surface area contributed by atoms with Crippen molar-refractivity contribution in [3.8, 4) is 5.75 Å². The number of dihydropyridines is 1. The number of allylic oxidation sites excluding steroid dienone is 1. The number of nitrogens with one attached hydrogen (secondary N) is 1. The fourth-order valence-corrected chi connectivity index (χ4v) is 5.21. The SMILES string of the molecule is CC1=C(C(=O)OC2CCCC2)C(c2cccc(O)c2)C2=C(CN(c3ccccc3)CC2=O)N1. The highest BCUT2D eigenvalue weighted by Crippen LogP contribution is 2.42. The fourth-order valence-electron chi connectivity index (χ4n) is 5.21. The van der Waals surface area contributed by atoms with Gasteiger partial charge in [0.25, 0.3) is 0 Å². The largest absolute Gasteiger partial charge is 0.508 e. The van der Waals surface area contributed by atoms with Crippen LogP contribution in [-0.2, 0) is 14.3 Å². The molecule has 0 saturated heterocycles. The van der Waals surface area contributed by atoms with Crippen LogP contribution in [0.1, 0.15) is 44.1 Å². The number of hydrogen-bond acceptors (Lipinski definition) is 6. The van der Waals surface area contributed by atoms with E-state index < -0.39 is 5.92 Å². The number of phenolic OH excluding ortho intramolecular Hbond substituents is 1. The molecule has 0 amide bonds. The number of anilines is 1. The number of hydrogen-bond donors (Lipinski definition) is 2. The lowest BCUT2D eigenvalue weighted by molar-refractivity contribution is -0.144. The van der Waals surface area contributed by atoms with E-state index in [2.05, 4.69) is 5.32 Å². The van der Waals surface area contributed by atoms with Crippen LogP contribution in [0.15, 0.2) is 77.1 Å². The van der Waals surface area contributed by atoms with Crippen molar-refractivity contribution in [2.45, 2.75) is 44.6 Å². The molecule has 6 heteroatoms.